The summed E-state index contributed by atoms with van der Waals surface area (Å²) >= 11 is 6.75. The monoisotopic (exact) mass is 390 g/mol. The molecule has 0 spiro atoms. The molecule has 1 aliphatic rings. The molecule has 1 heterocycles. The van der Waals surface area contributed by atoms with E-state index in [1.807, 2.05) is 0 Å². The first-order chi connectivity index (χ1) is 8.93. The van der Waals surface area contributed by atoms with Crippen LogP contribution in [0, 0.1) is 23.0 Å². The van der Waals surface area contributed by atoms with E-state index in [9.17, 15) is 14.9 Å². The Morgan fingerprint density at radius 1 is 1.53 bits per heavy atom. The summed E-state index contributed by atoms with van der Waals surface area (Å²) in [6, 6.07) is 3.15. The molecule has 1 aromatic carbocycles. The third-order valence-electron chi connectivity index (χ3n) is 3.18. The number of amides is 1. The van der Waals surface area contributed by atoms with Crippen LogP contribution in [0.25, 0.3) is 0 Å². The lowest BCUT2D eigenvalue weighted by molar-refractivity contribution is -0.385. The van der Waals surface area contributed by atoms with E-state index in [1.54, 1.807) is 17.9 Å². The van der Waals surface area contributed by atoms with Gasteiger partial charge >= 0.3 is 0 Å². The topological polar surface area (TPSA) is 63.5 Å². The largest absolute Gasteiger partial charge is 0.311 e. The molecular formula is C12H12Br2N2O3. The predicted molar refractivity (Wildman–Crippen MR) is 79.8 cm³/mol. The maximum atomic E-state index is 12.0. The highest BCUT2D eigenvalue weighted by Gasteiger charge is 2.32. The quantitative estimate of drug-likeness (QED) is 0.450. The molecule has 5 nitrogen and oxygen atoms in total. The molecular weight excluding hydrogens is 380 g/mol. The van der Waals surface area contributed by atoms with Crippen molar-refractivity contribution in [1.29, 1.82) is 0 Å². The molecule has 1 amide bonds. The van der Waals surface area contributed by atoms with Crippen LogP contribution in [0.1, 0.15) is 12.0 Å². The van der Waals surface area contributed by atoms with E-state index in [1.165, 1.54) is 6.07 Å². The fourth-order valence-electron chi connectivity index (χ4n) is 2.17. The second-order valence-corrected chi connectivity index (χ2v) is 6.08. The van der Waals surface area contributed by atoms with E-state index >= 15 is 0 Å². The summed E-state index contributed by atoms with van der Waals surface area (Å²) in [5.74, 6) is 0.253. The molecule has 2 rings (SSSR count). The van der Waals surface area contributed by atoms with Gasteiger partial charge in [0, 0.05) is 34.4 Å². The number of carbonyl (C=O) groups is 1. The summed E-state index contributed by atoms with van der Waals surface area (Å²) in [5, 5.41) is 11.7. The van der Waals surface area contributed by atoms with Gasteiger partial charge in [-0.2, -0.15) is 0 Å². The van der Waals surface area contributed by atoms with Crippen molar-refractivity contribution in [3.63, 3.8) is 0 Å². The Morgan fingerprint density at radius 2 is 2.21 bits per heavy atom. The number of benzene rings is 1. The minimum atomic E-state index is -0.423. The van der Waals surface area contributed by atoms with Gasteiger partial charge in [0.05, 0.1) is 10.6 Å². The van der Waals surface area contributed by atoms with Crippen molar-refractivity contribution >= 4 is 49.1 Å². The molecule has 0 N–H and O–H groups in total. The minimum Gasteiger partial charge on any atom is -0.311 e. The van der Waals surface area contributed by atoms with Gasteiger partial charge in [0.25, 0.3) is 5.69 Å². The maximum absolute atomic E-state index is 12.0. The number of carbonyl (C=O) groups excluding carboxylic acids is 1. The molecule has 1 unspecified atom stereocenters. The summed E-state index contributed by atoms with van der Waals surface area (Å²) in [4.78, 5) is 24.1. The van der Waals surface area contributed by atoms with Gasteiger partial charge in [-0.05, 0) is 34.8 Å². The molecule has 7 heteroatoms. The molecule has 1 fully saturated rings. The SMILES string of the molecule is Cc1cc(Br)c(N2CC(CBr)CC2=O)cc1[N+](=O)[O-]. The molecule has 1 aliphatic heterocycles. The average Bonchev–Trinajstić information content (AvgIpc) is 2.70. The average molecular weight is 392 g/mol. The van der Waals surface area contributed by atoms with Crippen LogP contribution in [0.4, 0.5) is 11.4 Å². The second-order valence-electron chi connectivity index (χ2n) is 4.58. The number of rotatable bonds is 3. The highest BCUT2D eigenvalue weighted by molar-refractivity contribution is 9.10. The summed E-state index contributed by atoms with van der Waals surface area (Å²) in [7, 11) is 0. The molecule has 0 aliphatic carbocycles. The zero-order valence-corrected chi connectivity index (χ0v) is 13.4. The number of alkyl halides is 1. The van der Waals surface area contributed by atoms with Crippen molar-refractivity contribution in [2.75, 3.05) is 16.8 Å². The van der Waals surface area contributed by atoms with Gasteiger partial charge in [-0.15, -0.1) is 0 Å². The third kappa shape index (κ3) is 2.81. The Hall–Kier alpha value is -0.950. The normalized spacial score (nSPS) is 19.0. The number of nitrogens with zero attached hydrogens (tertiary/aromatic N) is 2. The second kappa shape index (κ2) is 5.58. The van der Waals surface area contributed by atoms with Crippen LogP contribution >= 0.6 is 31.9 Å². The van der Waals surface area contributed by atoms with Crippen LogP contribution in [-0.4, -0.2) is 22.7 Å². The number of hydrogen-bond donors (Lipinski definition) is 0. The van der Waals surface area contributed by atoms with Crippen LogP contribution in [0.2, 0.25) is 0 Å². The van der Waals surface area contributed by atoms with E-state index in [2.05, 4.69) is 31.9 Å². The Bertz CT molecular complexity index is 548. The van der Waals surface area contributed by atoms with Crippen molar-refractivity contribution in [1.82, 2.24) is 0 Å². The lowest BCUT2D eigenvalue weighted by atomic mass is 10.1. The van der Waals surface area contributed by atoms with Gasteiger partial charge in [0.15, 0.2) is 0 Å². The summed E-state index contributed by atoms with van der Waals surface area (Å²) in [5.41, 5.74) is 1.18. The van der Waals surface area contributed by atoms with Crippen molar-refractivity contribution in [3.05, 3.63) is 32.3 Å². The van der Waals surface area contributed by atoms with Gasteiger partial charge in [-0.25, -0.2) is 0 Å². The number of hydrogen-bond acceptors (Lipinski definition) is 3. The third-order valence-corrected chi connectivity index (χ3v) is 4.73. The standard InChI is InChI=1S/C12H12Br2N2O3/c1-7-2-9(14)11(4-10(7)16(18)19)15-6-8(5-13)3-12(15)17/h2,4,8H,3,5-6H2,1H3. The fraction of sp³-hybridized carbons (Fsp3) is 0.417. The molecule has 0 aromatic heterocycles. The molecule has 1 saturated heterocycles. The fourth-order valence-corrected chi connectivity index (χ4v) is 3.28. The molecule has 0 radical (unpaired) electrons. The molecule has 0 saturated carbocycles. The summed E-state index contributed by atoms with van der Waals surface area (Å²) < 4.78 is 0.708. The Kier molecular flexibility index (Phi) is 4.25. The molecule has 0 bridgehead atoms. The van der Waals surface area contributed by atoms with E-state index < -0.39 is 4.92 Å². The zero-order chi connectivity index (χ0) is 14.2. The first kappa shape index (κ1) is 14.5. The zero-order valence-electron chi connectivity index (χ0n) is 10.2. The molecule has 1 atom stereocenters. The van der Waals surface area contributed by atoms with Crippen LogP contribution < -0.4 is 4.90 Å². The Labute approximate surface area is 127 Å². The van der Waals surface area contributed by atoms with Gasteiger partial charge in [-0.3, -0.25) is 14.9 Å². The smallest absolute Gasteiger partial charge is 0.274 e. The van der Waals surface area contributed by atoms with Gasteiger partial charge < -0.3 is 4.90 Å². The van der Waals surface area contributed by atoms with Crippen molar-refractivity contribution < 1.29 is 9.72 Å². The van der Waals surface area contributed by atoms with E-state index in [0.717, 1.165) is 5.33 Å². The Morgan fingerprint density at radius 3 is 2.74 bits per heavy atom. The molecule has 1 aromatic rings. The van der Waals surface area contributed by atoms with Crippen LogP contribution in [0.5, 0.6) is 0 Å². The highest BCUT2D eigenvalue weighted by atomic mass is 79.9. The van der Waals surface area contributed by atoms with Crippen molar-refractivity contribution in [2.24, 2.45) is 5.92 Å². The summed E-state index contributed by atoms with van der Waals surface area (Å²) in [6.45, 7) is 2.27. The van der Waals surface area contributed by atoms with E-state index in [0.29, 0.717) is 28.7 Å². The highest BCUT2D eigenvalue weighted by Crippen LogP contribution is 2.36. The predicted octanol–water partition coefficient (Wildman–Crippen LogP) is 3.41. The number of anilines is 1. The van der Waals surface area contributed by atoms with Gasteiger partial charge in [-0.1, -0.05) is 15.9 Å². The van der Waals surface area contributed by atoms with Crippen LogP contribution in [0.3, 0.4) is 0 Å². The van der Waals surface area contributed by atoms with Crippen LogP contribution in [-0.2, 0) is 4.79 Å². The molecule has 19 heavy (non-hydrogen) atoms. The van der Waals surface area contributed by atoms with E-state index in [-0.39, 0.29) is 17.5 Å². The minimum absolute atomic E-state index is 0.00306. The summed E-state index contributed by atoms with van der Waals surface area (Å²) in [6.07, 6.45) is 0.472. The lowest BCUT2D eigenvalue weighted by Gasteiger charge is -2.18. The maximum Gasteiger partial charge on any atom is 0.274 e. The Balaban J connectivity index is 2.42. The van der Waals surface area contributed by atoms with Crippen LogP contribution in [0.15, 0.2) is 16.6 Å². The van der Waals surface area contributed by atoms with Gasteiger partial charge in [0.1, 0.15) is 0 Å². The first-order valence-electron chi connectivity index (χ1n) is 5.75. The van der Waals surface area contributed by atoms with Gasteiger partial charge in [0.2, 0.25) is 5.91 Å². The lowest BCUT2D eigenvalue weighted by Crippen LogP contribution is -2.25. The number of halogens is 2. The molecule has 102 valence electrons. The number of aryl methyl sites for hydroxylation is 1. The van der Waals surface area contributed by atoms with Crippen molar-refractivity contribution in [2.45, 2.75) is 13.3 Å². The van der Waals surface area contributed by atoms with Crippen molar-refractivity contribution in [3.8, 4) is 0 Å². The number of nitro groups is 1. The number of nitro benzene ring substituents is 1. The van der Waals surface area contributed by atoms with E-state index in [4.69, 9.17) is 0 Å². The first-order valence-corrected chi connectivity index (χ1v) is 7.66.